The number of piperidine rings is 1. The molecule has 0 aromatic heterocycles. The third kappa shape index (κ3) is 5.62. The minimum atomic E-state index is -4.45. The van der Waals surface area contributed by atoms with Gasteiger partial charge in [-0.05, 0) is 84.3 Å². The van der Waals surface area contributed by atoms with Crippen molar-refractivity contribution in [3.63, 3.8) is 0 Å². The van der Waals surface area contributed by atoms with E-state index in [2.05, 4.69) is 17.4 Å². The second-order valence-corrected chi connectivity index (χ2v) is 9.48. The van der Waals surface area contributed by atoms with E-state index in [9.17, 15) is 18.3 Å². The summed E-state index contributed by atoms with van der Waals surface area (Å²) in [6.07, 6.45) is 1.84. The molecule has 34 heavy (non-hydrogen) atoms. The summed E-state index contributed by atoms with van der Waals surface area (Å²) in [7, 11) is 0. The molecule has 1 atom stereocenters. The molecular formula is C28H32F3NO2. The van der Waals surface area contributed by atoms with Crippen molar-refractivity contribution in [1.29, 1.82) is 0 Å². The molecule has 1 fully saturated rings. The first-order chi connectivity index (χ1) is 16.3. The van der Waals surface area contributed by atoms with Gasteiger partial charge in [-0.15, -0.1) is 0 Å². The van der Waals surface area contributed by atoms with Crippen molar-refractivity contribution in [2.24, 2.45) is 5.92 Å². The van der Waals surface area contributed by atoms with Crippen LogP contribution >= 0.6 is 0 Å². The van der Waals surface area contributed by atoms with Crippen molar-refractivity contribution in [3.8, 4) is 0 Å². The Morgan fingerprint density at radius 2 is 1.82 bits per heavy atom. The number of hydrogen-bond acceptors (Lipinski definition) is 3. The first-order valence-corrected chi connectivity index (χ1v) is 11.9. The van der Waals surface area contributed by atoms with Gasteiger partial charge in [0, 0.05) is 5.41 Å². The zero-order valence-corrected chi connectivity index (χ0v) is 19.5. The third-order valence-electron chi connectivity index (χ3n) is 7.04. The van der Waals surface area contributed by atoms with E-state index >= 15 is 0 Å². The summed E-state index contributed by atoms with van der Waals surface area (Å²) < 4.78 is 47.3. The highest BCUT2D eigenvalue weighted by Gasteiger charge is 2.35. The number of nitrogens with one attached hydrogen (secondary N) is 1. The summed E-state index contributed by atoms with van der Waals surface area (Å²) in [6.45, 7) is 4.22. The number of aliphatic hydroxyl groups excluding tert-OH is 1. The topological polar surface area (TPSA) is 41.5 Å². The highest BCUT2D eigenvalue weighted by Crippen LogP contribution is 2.38. The second-order valence-electron chi connectivity index (χ2n) is 9.48. The van der Waals surface area contributed by atoms with E-state index in [0.717, 1.165) is 37.1 Å². The van der Waals surface area contributed by atoms with Crippen molar-refractivity contribution in [1.82, 2.24) is 5.32 Å². The Kier molecular flexibility index (Phi) is 7.60. The van der Waals surface area contributed by atoms with Crippen LogP contribution in [0.1, 0.15) is 48.4 Å². The van der Waals surface area contributed by atoms with Crippen LogP contribution in [0.4, 0.5) is 13.2 Å². The van der Waals surface area contributed by atoms with E-state index in [4.69, 9.17) is 4.74 Å². The molecule has 0 spiro atoms. The van der Waals surface area contributed by atoms with Crippen LogP contribution in [0.2, 0.25) is 0 Å². The molecule has 2 aromatic carbocycles. The van der Waals surface area contributed by atoms with E-state index in [1.807, 2.05) is 37.3 Å². The lowest BCUT2D eigenvalue weighted by Crippen LogP contribution is -2.43. The maximum Gasteiger partial charge on any atom is 0.416 e. The molecule has 2 aliphatic rings. The molecule has 1 aliphatic heterocycles. The van der Waals surface area contributed by atoms with Gasteiger partial charge in [-0.2, -0.15) is 13.2 Å². The fourth-order valence-electron chi connectivity index (χ4n) is 5.02. The van der Waals surface area contributed by atoms with E-state index < -0.39 is 11.7 Å². The number of halogens is 3. The van der Waals surface area contributed by atoms with Crippen LogP contribution in [0.25, 0.3) is 5.57 Å². The molecule has 1 unspecified atom stereocenters. The molecule has 2 aromatic rings. The van der Waals surface area contributed by atoms with Crippen molar-refractivity contribution in [2.45, 2.75) is 44.4 Å². The van der Waals surface area contributed by atoms with Crippen LogP contribution in [0, 0.1) is 5.92 Å². The molecule has 0 amide bonds. The Morgan fingerprint density at radius 1 is 1.09 bits per heavy atom. The number of benzene rings is 2. The monoisotopic (exact) mass is 471 g/mol. The van der Waals surface area contributed by atoms with Gasteiger partial charge in [0.1, 0.15) is 0 Å². The van der Waals surface area contributed by atoms with E-state index in [-0.39, 0.29) is 24.5 Å². The van der Waals surface area contributed by atoms with Gasteiger partial charge in [0.15, 0.2) is 0 Å². The van der Waals surface area contributed by atoms with Crippen molar-refractivity contribution >= 4 is 5.57 Å². The first kappa shape index (κ1) is 24.7. The van der Waals surface area contributed by atoms with Crippen molar-refractivity contribution in [2.75, 3.05) is 26.3 Å². The van der Waals surface area contributed by atoms with Gasteiger partial charge in [0.2, 0.25) is 0 Å². The Hall–Kier alpha value is -2.41. The van der Waals surface area contributed by atoms with Crippen LogP contribution in [-0.2, 0) is 22.9 Å². The fraction of sp³-hybridized carbons (Fsp3) is 0.429. The third-order valence-corrected chi connectivity index (χ3v) is 7.04. The van der Waals surface area contributed by atoms with E-state index in [1.165, 1.54) is 17.7 Å². The number of allylic oxidation sites excluding steroid dienone is 2. The second kappa shape index (κ2) is 10.5. The zero-order chi connectivity index (χ0) is 24.2. The molecule has 0 radical (unpaired) electrons. The Morgan fingerprint density at radius 3 is 2.50 bits per heavy atom. The maximum atomic E-state index is 13.7. The molecule has 4 rings (SSSR count). The molecule has 1 heterocycles. The van der Waals surface area contributed by atoms with Crippen LogP contribution in [-0.4, -0.2) is 31.4 Å². The molecule has 1 saturated heterocycles. The Balaban J connectivity index is 1.58. The lowest BCUT2D eigenvalue weighted by molar-refractivity contribution is -0.137. The number of ether oxygens (including phenoxy) is 1. The SMILES string of the molecule is CC1CC=C(CO)C=C1c1cc(COCC2(c3ccccc3)CCNCC2)cc(C(F)(F)F)c1. The highest BCUT2D eigenvalue weighted by atomic mass is 19.4. The number of aliphatic hydroxyl groups is 1. The molecule has 6 heteroatoms. The lowest BCUT2D eigenvalue weighted by Gasteiger charge is -2.38. The van der Waals surface area contributed by atoms with E-state index in [1.54, 1.807) is 6.07 Å². The predicted molar refractivity (Wildman–Crippen MR) is 128 cm³/mol. The first-order valence-electron chi connectivity index (χ1n) is 11.9. The van der Waals surface area contributed by atoms with Gasteiger partial charge < -0.3 is 15.2 Å². The van der Waals surface area contributed by atoms with Crippen LogP contribution in [0.15, 0.2) is 66.3 Å². The quantitative estimate of drug-likeness (QED) is 0.530. The van der Waals surface area contributed by atoms with Crippen molar-refractivity contribution in [3.05, 3.63) is 88.5 Å². The fourth-order valence-corrected chi connectivity index (χ4v) is 5.02. The summed E-state index contributed by atoms with van der Waals surface area (Å²) in [4.78, 5) is 0. The standard InChI is InChI=1S/C28H32F3NO2/c1-20-7-8-21(17-33)15-26(20)23-13-22(14-25(16-23)28(29,30)31)18-34-19-27(9-11-32-12-10-27)24-5-3-2-4-6-24/h2-6,8,13-16,20,32-33H,7,9-12,17-19H2,1H3. The van der Waals surface area contributed by atoms with Gasteiger partial charge in [0.25, 0.3) is 0 Å². The molecule has 0 saturated carbocycles. The van der Waals surface area contributed by atoms with Gasteiger partial charge in [-0.25, -0.2) is 0 Å². The highest BCUT2D eigenvalue weighted by molar-refractivity contribution is 5.72. The average Bonchev–Trinajstić information content (AvgIpc) is 2.85. The van der Waals surface area contributed by atoms with Crippen molar-refractivity contribution < 1.29 is 23.0 Å². The average molecular weight is 472 g/mol. The summed E-state index contributed by atoms with van der Waals surface area (Å²) in [6, 6.07) is 14.5. The minimum Gasteiger partial charge on any atom is -0.392 e. The minimum absolute atomic E-state index is 0.0728. The molecule has 182 valence electrons. The molecule has 1 aliphatic carbocycles. The smallest absolute Gasteiger partial charge is 0.392 e. The van der Waals surface area contributed by atoms with Gasteiger partial charge >= 0.3 is 6.18 Å². The Bertz CT molecular complexity index is 1040. The summed E-state index contributed by atoms with van der Waals surface area (Å²) >= 11 is 0. The molecular weight excluding hydrogens is 439 g/mol. The number of rotatable bonds is 7. The lowest BCUT2D eigenvalue weighted by atomic mass is 9.74. The van der Waals surface area contributed by atoms with Crippen LogP contribution in [0.5, 0.6) is 0 Å². The normalized spacial score (nSPS) is 20.6. The van der Waals surface area contributed by atoms with E-state index in [0.29, 0.717) is 24.2 Å². The van der Waals surface area contributed by atoms with Crippen LogP contribution in [0.3, 0.4) is 0 Å². The largest absolute Gasteiger partial charge is 0.416 e. The zero-order valence-electron chi connectivity index (χ0n) is 19.5. The Labute approximate surface area is 199 Å². The summed E-state index contributed by atoms with van der Waals surface area (Å²) in [5, 5.41) is 12.9. The molecule has 3 nitrogen and oxygen atoms in total. The maximum absolute atomic E-state index is 13.7. The molecule has 2 N–H and O–H groups in total. The summed E-state index contributed by atoms with van der Waals surface area (Å²) in [5.41, 5.74) is 3.01. The van der Waals surface area contributed by atoms with Gasteiger partial charge in [0.05, 0.1) is 25.4 Å². The van der Waals surface area contributed by atoms with Gasteiger partial charge in [-0.3, -0.25) is 0 Å². The van der Waals surface area contributed by atoms with Gasteiger partial charge in [-0.1, -0.05) is 49.4 Å². The summed E-state index contributed by atoms with van der Waals surface area (Å²) in [5.74, 6) is 0.0728. The number of alkyl halides is 3. The molecule has 0 bridgehead atoms. The predicted octanol–water partition coefficient (Wildman–Crippen LogP) is 5.89. The number of hydrogen-bond donors (Lipinski definition) is 2. The van der Waals surface area contributed by atoms with Crippen LogP contribution < -0.4 is 5.32 Å².